The van der Waals surface area contributed by atoms with Crippen LogP contribution in [0.1, 0.15) is 46.0 Å². The zero-order chi connectivity index (χ0) is 19.9. The van der Waals surface area contributed by atoms with Crippen LogP contribution < -0.4 is 10.6 Å². The van der Waals surface area contributed by atoms with E-state index in [1.54, 1.807) is 17.0 Å². The summed E-state index contributed by atoms with van der Waals surface area (Å²) >= 11 is 0. The van der Waals surface area contributed by atoms with E-state index in [0.29, 0.717) is 30.7 Å². The number of carbonyl (C=O) groups excluding carboxylic acids is 2. The third-order valence-corrected chi connectivity index (χ3v) is 6.01. The molecule has 4 rings (SSSR count). The summed E-state index contributed by atoms with van der Waals surface area (Å²) < 4.78 is 13.3. The third kappa shape index (κ3) is 3.72. The minimum Gasteiger partial charge on any atom is -0.324 e. The number of urea groups is 1. The Labute approximate surface area is 165 Å². The lowest BCUT2D eigenvalue weighted by Crippen LogP contribution is -2.60. The van der Waals surface area contributed by atoms with Crippen LogP contribution in [-0.2, 0) is 4.79 Å². The van der Waals surface area contributed by atoms with Crippen molar-refractivity contribution in [3.63, 3.8) is 0 Å². The summed E-state index contributed by atoms with van der Waals surface area (Å²) in [4.78, 5) is 29.4. The molecule has 1 aromatic rings. The largest absolute Gasteiger partial charge is 0.324 e. The van der Waals surface area contributed by atoms with Crippen molar-refractivity contribution in [2.45, 2.75) is 63.7 Å². The highest BCUT2D eigenvalue weighted by atomic mass is 19.1. The lowest BCUT2D eigenvalue weighted by Gasteiger charge is -2.44. The summed E-state index contributed by atoms with van der Waals surface area (Å²) in [5, 5.41) is 6.41. The molecule has 3 amide bonds. The van der Waals surface area contributed by atoms with Crippen molar-refractivity contribution in [3.8, 4) is 0 Å². The summed E-state index contributed by atoms with van der Waals surface area (Å²) in [6, 6.07) is 5.93. The van der Waals surface area contributed by atoms with E-state index in [-0.39, 0.29) is 29.5 Å². The Kier molecular flexibility index (Phi) is 5.04. The Morgan fingerprint density at radius 2 is 2.04 bits per heavy atom. The van der Waals surface area contributed by atoms with E-state index >= 15 is 0 Å². The maximum Gasteiger partial charge on any atom is 0.321 e. The number of nitrogens with zero attached hydrogens (tertiary/aromatic N) is 2. The molecular weight excluding hydrogens is 359 g/mol. The summed E-state index contributed by atoms with van der Waals surface area (Å²) in [7, 11) is 0. The van der Waals surface area contributed by atoms with E-state index in [1.807, 2.05) is 0 Å². The van der Waals surface area contributed by atoms with Crippen molar-refractivity contribution in [2.24, 2.45) is 5.92 Å². The third-order valence-electron chi connectivity index (χ3n) is 6.01. The van der Waals surface area contributed by atoms with E-state index in [9.17, 15) is 14.0 Å². The normalized spacial score (nSPS) is 24.3. The highest BCUT2D eigenvalue weighted by molar-refractivity contribution is 5.89. The number of hydrogen-bond acceptors (Lipinski definition) is 3. The molecule has 1 aliphatic carbocycles. The molecule has 152 valence electrons. The predicted octanol–water partition coefficient (Wildman–Crippen LogP) is 3.16. The molecule has 1 atom stereocenters. The minimum absolute atomic E-state index is 0.117. The molecule has 1 unspecified atom stereocenters. The van der Waals surface area contributed by atoms with Gasteiger partial charge in [-0.3, -0.25) is 10.1 Å². The summed E-state index contributed by atoms with van der Waals surface area (Å²) in [6.45, 7) is 5.42. The van der Waals surface area contributed by atoms with Gasteiger partial charge in [0, 0.05) is 37.7 Å². The lowest BCUT2D eigenvalue weighted by atomic mass is 9.95. The number of carbonyl (C=O) groups is 2. The second kappa shape index (κ2) is 7.35. The van der Waals surface area contributed by atoms with Crippen molar-refractivity contribution in [1.82, 2.24) is 15.1 Å². The predicted molar refractivity (Wildman–Crippen MR) is 105 cm³/mol. The molecule has 6 nitrogen and oxygen atoms in total. The first-order chi connectivity index (χ1) is 13.4. The molecule has 2 aliphatic heterocycles. The molecule has 1 saturated carbocycles. The molecule has 3 fully saturated rings. The maximum absolute atomic E-state index is 13.3. The van der Waals surface area contributed by atoms with Gasteiger partial charge in [-0.05, 0) is 43.4 Å². The zero-order valence-corrected chi connectivity index (χ0v) is 16.6. The SMILES string of the molecule is CC(C)CC1NC2(CCN(C(=O)Nc3cccc(F)c3)CC2)N(C2CC2)C1=O. The van der Waals surface area contributed by atoms with Crippen molar-refractivity contribution in [3.05, 3.63) is 30.1 Å². The summed E-state index contributed by atoms with van der Waals surface area (Å²) in [5.41, 5.74) is 0.129. The van der Waals surface area contributed by atoms with Crippen LogP contribution in [0.25, 0.3) is 0 Å². The van der Waals surface area contributed by atoms with Crippen molar-refractivity contribution in [2.75, 3.05) is 18.4 Å². The van der Waals surface area contributed by atoms with E-state index < -0.39 is 0 Å². The number of likely N-dealkylation sites (tertiary alicyclic amines) is 1. The Hall–Kier alpha value is -2.15. The number of nitrogens with one attached hydrogen (secondary N) is 2. The van der Waals surface area contributed by atoms with Gasteiger partial charge in [0.2, 0.25) is 5.91 Å². The first-order valence-corrected chi connectivity index (χ1v) is 10.3. The molecule has 0 aromatic heterocycles. The number of rotatable bonds is 4. The first kappa shape index (κ1) is 19.2. The molecule has 2 N–H and O–H groups in total. The topological polar surface area (TPSA) is 64.7 Å². The molecule has 1 aromatic carbocycles. The Bertz CT molecular complexity index is 757. The summed E-state index contributed by atoms with van der Waals surface area (Å²) in [6.07, 6.45) is 4.44. The van der Waals surface area contributed by atoms with Crippen LogP contribution >= 0.6 is 0 Å². The average Bonchev–Trinajstić information content (AvgIpc) is 3.42. The monoisotopic (exact) mass is 388 g/mol. The number of halogens is 1. The van der Waals surface area contributed by atoms with Gasteiger partial charge in [-0.1, -0.05) is 19.9 Å². The molecule has 0 radical (unpaired) electrons. The number of anilines is 1. The van der Waals surface area contributed by atoms with Gasteiger partial charge >= 0.3 is 6.03 Å². The van der Waals surface area contributed by atoms with Crippen molar-refractivity contribution >= 4 is 17.6 Å². The van der Waals surface area contributed by atoms with Gasteiger partial charge in [0.05, 0.1) is 11.7 Å². The number of amides is 3. The molecular formula is C21H29FN4O2. The van der Waals surface area contributed by atoms with E-state index in [0.717, 1.165) is 32.1 Å². The van der Waals surface area contributed by atoms with Crippen LogP contribution in [0.4, 0.5) is 14.9 Å². The molecule has 2 heterocycles. The highest BCUT2D eigenvalue weighted by Gasteiger charge is 2.56. The number of hydrogen-bond donors (Lipinski definition) is 2. The molecule has 7 heteroatoms. The molecule has 1 spiro atoms. The second-order valence-corrected chi connectivity index (χ2v) is 8.73. The fourth-order valence-corrected chi connectivity index (χ4v) is 4.56. The Balaban J connectivity index is 1.41. The lowest BCUT2D eigenvalue weighted by molar-refractivity contribution is -0.134. The van der Waals surface area contributed by atoms with E-state index in [1.165, 1.54) is 12.1 Å². The zero-order valence-electron chi connectivity index (χ0n) is 16.6. The van der Waals surface area contributed by atoms with E-state index in [2.05, 4.69) is 29.4 Å². The fourth-order valence-electron chi connectivity index (χ4n) is 4.56. The van der Waals surface area contributed by atoms with Crippen LogP contribution in [0.3, 0.4) is 0 Å². The molecule has 2 saturated heterocycles. The van der Waals surface area contributed by atoms with Gasteiger partial charge in [0.15, 0.2) is 0 Å². The minimum atomic E-state index is -0.375. The average molecular weight is 388 g/mol. The van der Waals surface area contributed by atoms with Gasteiger partial charge in [-0.25, -0.2) is 9.18 Å². The Morgan fingerprint density at radius 1 is 1.32 bits per heavy atom. The van der Waals surface area contributed by atoms with Gasteiger partial charge in [-0.15, -0.1) is 0 Å². The maximum atomic E-state index is 13.3. The quantitative estimate of drug-likeness (QED) is 0.833. The van der Waals surface area contributed by atoms with Crippen LogP contribution in [0, 0.1) is 11.7 Å². The van der Waals surface area contributed by atoms with Crippen molar-refractivity contribution < 1.29 is 14.0 Å². The van der Waals surface area contributed by atoms with Gasteiger partial charge in [0.25, 0.3) is 0 Å². The smallest absolute Gasteiger partial charge is 0.321 e. The number of benzene rings is 1. The van der Waals surface area contributed by atoms with Crippen LogP contribution in [0.5, 0.6) is 0 Å². The molecule has 28 heavy (non-hydrogen) atoms. The van der Waals surface area contributed by atoms with E-state index in [4.69, 9.17) is 0 Å². The first-order valence-electron chi connectivity index (χ1n) is 10.3. The molecule has 3 aliphatic rings. The Morgan fingerprint density at radius 3 is 2.64 bits per heavy atom. The van der Waals surface area contributed by atoms with Gasteiger partial charge in [0.1, 0.15) is 5.82 Å². The van der Waals surface area contributed by atoms with Crippen molar-refractivity contribution in [1.29, 1.82) is 0 Å². The molecule has 0 bridgehead atoms. The number of piperidine rings is 1. The van der Waals surface area contributed by atoms with Crippen LogP contribution in [0.15, 0.2) is 24.3 Å². The summed E-state index contributed by atoms with van der Waals surface area (Å²) in [5.74, 6) is 0.309. The van der Waals surface area contributed by atoms with Crippen LogP contribution in [-0.4, -0.2) is 52.6 Å². The van der Waals surface area contributed by atoms with Crippen LogP contribution in [0.2, 0.25) is 0 Å². The van der Waals surface area contributed by atoms with Gasteiger partial charge in [-0.2, -0.15) is 0 Å². The standard InChI is InChI=1S/C21H29FN4O2/c1-14(2)12-18-19(27)26(17-6-7-17)21(24-18)8-10-25(11-9-21)20(28)23-16-5-3-4-15(22)13-16/h3-5,13-14,17-18,24H,6-12H2,1-2H3,(H,23,28). The highest BCUT2D eigenvalue weighted by Crippen LogP contribution is 2.41. The fraction of sp³-hybridized carbons (Fsp3) is 0.619. The van der Waals surface area contributed by atoms with Gasteiger partial charge < -0.3 is 15.1 Å². The second-order valence-electron chi connectivity index (χ2n) is 8.73.